The van der Waals surface area contributed by atoms with Gasteiger partial charge < -0.3 is 14.4 Å². The average Bonchev–Trinajstić information content (AvgIpc) is 3.29. The third-order valence-corrected chi connectivity index (χ3v) is 8.49. The Morgan fingerprint density at radius 3 is 1.70 bits per heavy atom. The van der Waals surface area contributed by atoms with E-state index in [1.807, 2.05) is 36.4 Å². The maximum absolute atomic E-state index is 14.0. The van der Waals surface area contributed by atoms with E-state index in [0.717, 1.165) is 4.90 Å². The van der Waals surface area contributed by atoms with Crippen LogP contribution in [0.2, 0.25) is 0 Å². The monoisotopic (exact) mass is 651 g/mol. The molecule has 0 atom stereocenters. The molecule has 0 bridgehead atoms. The zero-order chi connectivity index (χ0) is 32.0. The summed E-state index contributed by atoms with van der Waals surface area (Å²) in [6, 6.07) is 30.0. The summed E-state index contributed by atoms with van der Waals surface area (Å²) in [6.07, 6.45) is 0.570. The molecule has 11 heteroatoms. The predicted molar refractivity (Wildman–Crippen MR) is 166 cm³/mol. The standard InChI is InChI=1S/C35H32FNO7S.Na/c36-29-17-13-25(14-18-29)31-32(26-15-19-30(20-16-26)44-23-7-8-24-45(41,42)43)34(39)37(33(31)38)22-21-35(40,27-9-3-1-4-10-27)28-11-5-2-6-12-28;/h1-6,9-20,40H,7-8,21-24H2,(H,41,42,43);/q;+1/p-1. The maximum atomic E-state index is 14.0. The van der Waals surface area contributed by atoms with E-state index < -0.39 is 39.1 Å². The van der Waals surface area contributed by atoms with Crippen molar-refractivity contribution in [3.63, 3.8) is 0 Å². The van der Waals surface area contributed by atoms with Gasteiger partial charge in [0.1, 0.15) is 17.2 Å². The fraction of sp³-hybridized carbons (Fsp3) is 0.200. The van der Waals surface area contributed by atoms with E-state index in [4.69, 9.17) is 4.74 Å². The number of hydrogen-bond acceptors (Lipinski definition) is 7. The molecule has 0 saturated heterocycles. The molecular weight excluding hydrogens is 620 g/mol. The first-order chi connectivity index (χ1) is 21.6. The van der Waals surface area contributed by atoms with Crippen molar-refractivity contribution in [2.45, 2.75) is 24.9 Å². The van der Waals surface area contributed by atoms with Crippen LogP contribution in [0.4, 0.5) is 4.39 Å². The van der Waals surface area contributed by atoms with Crippen molar-refractivity contribution in [3.8, 4) is 5.75 Å². The Hall–Kier alpha value is -3.64. The van der Waals surface area contributed by atoms with Crippen LogP contribution in [0.25, 0.3) is 11.1 Å². The predicted octanol–water partition coefficient (Wildman–Crippen LogP) is 2.14. The van der Waals surface area contributed by atoms with E-state index in [2.05, 4.69) is 0 Å². The third-order valence-electron chi connectivity index (χ3n) is 7.70. The molecule has 4 aromatic carbocycles. The fourth-order valence-corrected chi connectivity index (χ4v) is 5.93. The summed E-state index contributed by atoms with van der Waals surface area (Å²) >= 11 is 0. The molecule has 1 aliphatic heterocycles. The van der Waals surface area contributed by atoms with Gasteiger partial charge >= 0.3 is 29.6 Å². The summed E-state index contributed by atoms with van der Waals surface area (Å²) in [7, 11) is -4.28. The molecule has 0 radical (unpaired) electrons. The second-order valence-corrected chi connectivity index (χ2v) is 12.2. The van der Waals surface area contributed by atoms with Crippen molar-refractivity contribution >= 4 is 33.1 Å². The van der Waals surface area contributed by atoms with Gasteiger partial charge in [0.2, 0.25) is 0 Å². The summed E-state index contributed by atoms with van der Waals surface area (Å²) in [5.74, 6) is -1.60. The minimum absolute atomic E-state index is 0. The largest absolute Gasteiger partial charge is 1.00 e. The minimum atomic E-state index is -4.28. The molecule has 0 aromatic heterocycles. The van der Waals surface area contributed by atoms with Crippen LogP contribution in [0, 0.1) is 5.82 Å². The van der Waals surface area contributed by atoms with E-state index in [-0.39, 0.29) is 66.7 Å². The molecule has 0 aliphatic carbocycles. The number of rotatable bonds is 13. The molecule has 46 heavy (non-hydrogen) atoms. The van der Waals surface area contributed by atoms with Gasteiger partial charge in [-0.2, -0.15) is 0 Å². The quantitative estimate of drug-likeness (QED) is 0.102. The molecule has 0 fully saturated rings. The number of carbonyl (C=O) groups is 2. The number of amides is 2. The molecule has 2 amide bonds. The Morgan fingerprint density at radius 2 is 1.22 bits per heavy atom. The van der Waals surface area contributed by atoms with Crippen molar-refractivity contribution in [3.05, 3.63) is 137 Å². The van der Waals surface area contributed by atoms with Gasteiger partial charge in [0.15, 0.2) is 0 Å². The first-order valence-corrected chi connectivity index (χ1v) is 16.0. The number of hydrogen-bond donors (Lipinski definition) is 1. The molecule has 4 aromatic rings. The van der Waals surface area contributed by atoms with Gasteiger partial charge in [-0.15, -0.1) is 0 Å². The summed E-state index contributed by atoms with van der Waals surface area (Å²) in [5.41, 5.74) is 0.833. The van der Waals surface area contributed by atoms with E-state index in [0.29, 0.717) is 34.4 Å². The van der Waals surface area contributed by atoms with Gasteiger partial charge in [-0.3, -0.25) is 14.5 Å². The number of unbranched alkanes of at least 4 members (excludes halogenated alkanes) is 1. The van der Waals surface area contributed by atoms with Crippen molar-refractivity contribution in [2.75, 3.05) is 18.9 Å². The fourth-order valence-electron chi connectivity index (χ4n) is 5.38. The van der Waals surface area contributed by atoms with Crippen LogP contribution in [0.15, 0.2) is 109 Å². The van der Waals surface area contributed by atoms with Gasteiger partial charge in [0.05, 0.1) is 27.9 Å². The maximum Gasteiger partial charge on any atom is 1.00 e. The van der Waals surface area contributed by atoms with E-state index in [9.17, 15) is 32.1 Å². The van der Waals surface area contributed by atoms with Gasteiger partial charge in [-0.05, 0) is 59.4 Å². The summed E-state index contributed by atoms with van der Waals surface area (Å²) in [5, 5.41) is 12.0. The van der Waals surface area contributed by atoms with Crippen LogP contribution in [0.3, 0.4) is 0 Å². The van der Waals surface area contributed by atoms with Gasteiger partial charge in [-0.1, -0.05) is 84.9 Å². The van der Waals surface area contributed by atoms with Crippen LogP contribution in [0.1, 0.15) is 41.5 Å². The van der Waals surface area contributed by atoms with Crippen LogP contribution < -0.4 is 34.3 Å². The molecular formula is C35H31FNNaO7S. The zero-order valence-electron chi connectivity index (χ0n) is 25.3. The Balaban J connectivity index is 0.00000480. The number of halogens is 1. The van der Waals surface area contributed by atoms with Crippen molar-refractivity contribution in [1.29, 1.82) is 0 Å². The first-order valence-electron chi connectivity index (χ1n) is 14.4. The van der Waals surface area contributed by atoms with Crippen LogP contribution in [-0.2, 0) is 25.3 Å². The van der Waals surface area contributed by atoms with Gasteiger partial charge in [0.25, 0.3) is 11.8 Å². The number of benzene rings is 4. The molecule has 8 nitrogen and oxygen atoms in total. The molecule has 1 heterocycles. The van der Waals surface area contributed by atoms with Crippen LogP contribution >= 0.6 is 0 Å². The Bertz CT molecular complexity index is 1760. The van der Waals surface area contributed by atoms with E-state index in [1.165, 1.54) is 24.3 Å². The number of aliphatic hydroxyl groups is 1. The van der Waals surface area contributed by atoms with Crippen molar-refractivity contribution < 1.29 is 66.4 Å². The van der Waals surface area contributed by atoms with Crippen LogP contribution in [0.5, 0.6) is 5.75 Å². The first kappa shape index (κ1) is 35.2. The molecule has 0 unspecified atom stereocenters. The number of ether oxygens (including phenoxy) is 1. The average molecular weight is 652 g/mol. The van der Waals surface area contributed by atoms with E-state index in [1.54, 1.807) is 48.5 Å². The Morgan fingerprint density at radius 1 is 0.739 bits per heavy atom. The number of carbonyl (C=O) groups excluding carboxylic acids is 2. The summed E-state index contributed by atoms with van der Waals surface area (Å²) in [4.78, 5) is 29.0. The SMILES string of the molecule is O=C1C(c2ccc(F)cc2)=C(c2ccc(OCCCCS(=O)(=O)[O-])cc2)C(=O)N1CCC(O)(c1ccccc1)c1ccccc1.[Na+]. The topological polar surface area (TPSA) is 124 Å². The number of imide groups is 1. The Kier molecular flexibility index (Phi) is 11.7. The minimum Gasteiger partial charge on any atom is -0.748 e. The second kappa shape index (κ2) is 15.3. The second-order valence-electron chi connectivity index (χ2n) is 10.7. The molecule has 1 N–H and O–H groups in total. The van der Waals surface area contributed by atoms with Crippen LogP contribution in [-0.4, -0.2) is 53.7 Å². The van der Waals surface area contributed by atoms with Crippen molar-refractivity contribution in [1.82, 2.24) is 4.90 Å². The molecule has 0 saturated carbocycles. The Labute approximate surface area is 289 Å². The molecule has 0 spiro atoms. The normalized spacial score (nSPS) is 13.6. The number of nitrogens with zero attached hydrogens (tertiary/aromatic N) is 1. The molecule has 232 valence electrons. The summed E-state index contributed by atoms with van der Waals surface area (Å²) in [6.45, 7) is 0.0990. The molecule has 5 rings (SSSR count). The molecule has 1 aliphatic rings. The van der Waals surface area contributed by atoms with Gasteiger partial charge in [0, 0.05) is 18.7 Å². The summed E-state index contributed by atoms with van der Waals surface area (Å²) < 4.78 is 51.8. The van der Waals surface area contributed by atoms with E-state index >= 15 is 0 Å². The zero-order valence-corrected chi connectivity index (χ0v) is 28.1. The van der Waals surface area contributed by atoms with Crippen molar-refractivity contribution in [2.24, 2.45) is 0 Å². The smallest absolute Gasteiger partial charge is 0.748 e. The third kappa shape index (κ3) is 8.19. The van der Waals surface area contributed by atoms with Gasteiger partial charge in [-0.25, -0.2) is 12.8 Å².